The number of nitrogens with zero attached hydrogens (tertiary/aromatic N) is 1. The van der Waals surface area contributed by atoms with Gasteiger partial charge in [0, 0.05) is 18.1 Å². The van der Waals surface area contributed by atoms with Crippen LogP contribution < -0.4 is 9.47 Å². The molecule has 2 atom stereocenters. The molecule has 6 nitrogen and oxygen atoms in total. The standard InChI is InChI=1S/C20H21F2NO5/c1-26-18(25)14-9-20(11-23,7-6-16(14)24)15-5-4-13(28-19(21)22)8-17(15)27-10-12-2-3-12/h4-5,8,12,14,19H,2-3,6-7,9-10H2,1H3. The minimum Gasteiger partial charge on any atom is -0.493 e. The zero-order valence-corrected chi connectivity index (χ0v) is 15.5. The summed E-state index contributed by atoms with van der Waals surface area (Å²) in [7, 11) is 1.19. The van der Waals surface area contributed by atoms with Crippen molar-refractivity contribution in [3.8, 4) is 17.6 Å². The molecule has 1 aromatic carbocycles. The maximum absolute atomic E-state index is 12.6. The predicted octanol–water partition coefficient (Wildman–Crippen LogP) is 3.38. The largest absolute Gasteiger partial charge is 0.493 e. The Morgan fingerprint density at radius 3 is 2.75 bits per heavy atom. The average Bonchev–Trinajstić information content (AvgIpc) is 3.51. The molecule has 8 heteroatoms. The van der Waals surface area contributed by atoms with Gasteiger partial charge in [-0.05, 0) is 37.7 Å². The Labute approximate surface area is 161 Å². The van der Waals surface area contributed by atoms with Gasteiger partial charge in [0.25, 0.3) is 0 Å². The number of esters is 1. The molecule has 2 aliphatic rings. The highest BCUT2D eigenvalue weighted by molar-refractivity contribution is 6.00. The lowest BCUT2D eigenvalue weighted by Crippen LogP contribution is -2.40. The van der Waals surface area contributed by atoms with Crippen LogP contribution in [0.1, 0.15) is 37.7 Å². The van der Waals surface area contributed by atoms with E-state index in [-0.39, 0.29) is 36.5 Å². The summed E-state index contributed by atoms with van der Waals surface area (Å²) in [5.41, 5.74) is -0.687. The van der Waals surface area contributed by atoms with Crippen LogP contribution in [0.5, 0.6) is 11.5 Å². The summed E-state index contributed by atoms with van der Waals surface area (Å²) in [6.07, 6.45) is 2.29. The molecular weight excluding hydrogens is 372 g/mol. The molecule has 0 bridgehead atoms. The van der Waals surface area contributed by atoms with E-state index in [9.17, 15) is 23.6 Å². The Balaban J connectivity index is 1.96. The number of ether oxygens (including phenoxy) is 3. The zero-order valence-electron chi connectivity index (χ0n) is 15.5. The summed E-state index contributed by atoms with van der Waals surface area (Å²) < 4.78 is 40.2. The van der Waals surface area contributed by atoms with Crippen molar-refractivity contribution >= 4 is 11.8 Å². The van der Waals surface area contributed by atoms with Crippen LogP contribution in [0.3, 0.4) is 0 Å². The lowest BCUT2D eigenvalue weighted by molar-refractivity contribution is -0.151. The third-order valence-corrected chi connectivity index (χ3v) is 5.30. The van der Waals surface area contributed by atoms with Crippen molar-refractivity contribution in [2.45, 2.75) is 44.1 Å². The average molecular weight is 393 g/mol. The molecule has 3 rings (SSSR count). The maximum Gasteiger partial charge on any atom is 0.387 e. The summed E-state index contributed by atoms with van der Waals surface area (Å²) in [6.45, 7) is -2.57. The summed E-state index contributed by atoms with van der Waals surface area (Å²) in [4.78, 5) is 24.2. The number of carbonyl (C=O) groups excluding carboxylic acids is 2. The van der Waals surface area contributed by atoms with E-state index in [0.29, 0.717) is 18.1 Å². The van der Waals surface area contributed by atoms with Crippen molar-refractivity contribution in [2.75, 3.05) is 13.7 Å². The SMILES string of the molecule is COC(=O)C1CC(C#N)(c2ccc(OC(F)F)cc2OCC2CC2)CCC1=O. The van der Waals surface area contributed by atoms with Gasteiger partial charge in [0.2, 0.25) is 0 Å². The molecule has 0 aromatic heterocycles. The van der Waals surface area contributed by atoms with Crippen LogP contribution in [-0.2, 0) is 19.7 Å². The van der Waals surface area contributed by atoms with Crippen LogP contribution in [0.25, 0.3) is 0 Å². The van der Waals surface area contributed by atoms with Crippen molar-refractivity contribution < 1.29 is 32.6 Å². The first-order chi connectivity index (χ1) is 13.4. The maximum atomic E-state index is 12.6. The summed E-state index contributed by atoms with van der Waals surface area (Å²) in [6, 6.07) is 6.43. The number of methoxy groups -OCH3 is 1. The lowest BCUT2D eigenvalue weighted by Gasteiger charge is -2.35. The Kier molecular flexibility index (Phi) is 5.82. The first-order valence-corrected chi connectivity index (χ1v) is 9.12. The fourth-order valence-corrected chi connectivity index (χ4v) is 3.52. The Morgan fingerprint density at radius 1 is 1.39 bits per heavy atom. The quantitative estimate of drug-likeness (QED) is 0.521. The van der Waals surface area contributed by atoms with Gasteiger partial charge in [0.15, 0.2) is 0 Å². The molecule has 2 saturated carbocycles. The van der Waals surface area contributed by atoms with Crippen molar-refractivity contribution in [1.82, 2.24) is 0 Å². The minimum absolute atomic E-state index is 0.0379. The van der Waals surface area contributed by atoms with Crippen molar-refractivity contribution in [3.05, 3.63) is 23.8 Å². The number of hydrogen-bond donors (Lipinski definition) is 0. The Bertz CT molecular complexity index is 794. The number of halogens is 2. The van der Waals surface area contributed by atoms with Crippen molar-refractivity contribution in [3.63, 3.8) is 0 Å². The van der Waals surface area contributed by atoms with Crippen LogP contribution in [0, 0.1) is 23.2 Å². The monoisotopic (exact) mass is 393 g/mol. The van der Waals surface area contributed by atoms with Gasteiger partial charge >= 0.3 is 12.6 Å². The van der Waals surface area contributed by atoms with E-state index in [1.807, 2.05) is 0 Å². The zero-order chi connectivity index (χ0) is 20.3. The van der Waals surface area contributed by atoms with E-state index < -0.39 is 23.9 Å². The molecule has 28 heavy (non-hydrogen) atoms. The molecule has 0 heterocycles. The molecule has 150 valence electrons. The highest BCUT2D eigenvalue weighted by Gasteiger charge is 2.46. The third kappa shape index (κ3) is 4.24. The third-order valence-electron chi connectivity index (χ3n) is 5.30. The van der Waals surface area contributed by atoms with E-state index in [1.165, 1.54) is 25.3 Å². The van der Waals surface area contributed by atoms with Gasteiger partial charge < -0.3 is 14.2 Å². The first-order valence-electron chi connectivity index (χ1n) is 9.12. The van der Waals surface area contributed by atoms with E-state index in [2.05, 4.69) is 10.8 Å². The number of ketones is 1. The van der Waals surface area contributed by atoms with Crippen LogP contribution in [0.4, 0.5) is 8.78 Å². The minimum atomic E-state index is -2.98. The Hall–Kier alpha value is -2.69. The summed E-state index contributed by atoms with van der Waals surface area (Å²) >= 11 is 0. The summed E-state index contributed by atoms with van der Waals surface area (Å²) in [5.74, 6) is -1.38. The topological polar surface area (TPSA) is 85.6 Å². The molecule has 1 aromatic rings. The second-order valence-corrected chi connectivity index (χ2v) is 7.23. The number of benzene rings is 1. The molecule has 0 N–H and O–H groups in total. The van der Waals surface area contributed by atoms with E-state index in [1.54, 1.807) is 0 Å². The van der Waals surface area contributed by atoms with E-state index >= 15 is 0 Å². The highest BCUT2D eigenvalue weighted by atomic mass is 19.3. The molecule has 0 saturated heterocycles. The van der Waals surface area contributed by atoms with Crippen LogP contribution in [0.15, 0.2) is 18.2 Å². The number of rotatable bonds is 7. The Morgan fingerprint density at radius 2 is 2.14 bits per heavy atom. The fraction of sp³-hybridized carbons (Fsp3) is 0.550. The number of nitriles is 1. The normalized spacial score (nSPS) is 24.5. The molecule has 2 unspecified atom stereocenters. The van der Waals surface area contributed by atoms with Gasteiger partial charge in [-0.3, -0.25) is 9.59 Å². The van der Waals surface area contributed by atoms with Crippen LogP contribution in [-0.4, -0.2) is 32.1 Å². The molecule has 2 fully saturated rings. The van der Waals surface area contributed by atoms with Gasteiger partial charge in [-0.2, -0.15) is 14.0 Å². The molecule has 0 radical (unpaired) electrons. The van der Waals surface area contributed by atoms with E-state index in [4.69, 9.17) is 9.47 Å². The molecule has 0 aliphatic heterocycles. The van der Waals surface area contributed by atoms with Gasteiger partial charge in [-0.15, -0.1) is 0 Å². The number of Topliss-reactive ketones (excluding diaryl/α,β-unsaturated/α-hetero) is 1. The predicted molar refractivity (Wildman–Crippen MR) is 92.9 cm³/mol. The molecule has 0 amide bonds. The van der Waals surface area contributed by atoms with Crippen LogP contribution in [0.2, 0.25) is 0 Å². The van der Waals surface area contributed by atoms with E-state index in [0.717, 1.165) is 12.8 Å². The number of alkyl halides is 2. The second-order valence-electron chi connectivity index (χ2n) is 7.23. The van der Waals surface area contributed by atoms with Crippen molar-refractivity contribution in [1.29, 1.82) is 5.26 Å². The smallest absolute Gasteiger partial charge is 0.387 e. The van der Waals surface area contributed by atoms with Crippen LogP contribution >= 0.6 is 0 Å². The van der Waals surface area contributed by atoms with Gasteiger partial charge in [-0.25, -0.2) is 0 Å². The highest BCUT2D eigenvalue weighted by Crippen LogP contribution is 2.46. The molecule has 2 aliphatic carbocycles. The number of carbonyl (C=O) groups is 2. The molecule has 0 spiro atoms. The van der Waals surface area contributed by atoms with Gasteiger partial charge in [0.1, 0.15) is 23.2 Å². The van der Waals surface area contributed by atoms with Gasteiger partial charge in [0.05, 0.1) is 25.2 Å². The van der Waals surface area contributed by atoms with Crippen molar-refractivity contribution in [2.24, 2.45) is 11.8 Å². The second kappa shape index (κ2) is 8.13. The fourth-order valence-electron chi connectivity index (χ4n) is 3.52. The first kappa shape index (κ1) is 20.1. The number of hydrogen-bond acceptors (Lipinski definition) is 6. The summed E-state index contributed by atoms with van der Waals surface area (Å²) in [5, 5.41) is 9.96. The molecular formula is C20H21F2NO5. The van der Waals surface area contributed by atoms with Gasteiger partial charge in [-0.1, -0.05) is 6.07 Å². The lowest BCUT2D eigenvalue weighted by atomic mass is 9.66.